The van der Waals surface area contributed by atoms with E-state index in [0.29, 0.717) is 34.2 Å². The van der Waals surface area contributed by atoms with Crippen LogP contribution in [0.1, 0.15) is 38.3 Å². The number of benzene rings is 1. The first-order valence-electron chi connectivity index (χ1n) is 9.56. The third kappa shape index (κ3) is 3.17. The Kier molecular flexibility index (Phi) is 4.73. The SMILES string of the molecule is FC1CC(Oc2cc(Cl)c(Cl)c3[nH]cc(-c4cnn(C5CCCCO5)c4)c23)C1. The quantitative estimate of drug-likeness (QED) is 0.566. The highest BCUT2D eigenvalue weighted by Crippen LogP contribution is 2.44. The number of hydrogen-bond donors (Lipinski definition) is 1. The fourth-order valence-electron chi connectivity index (χ4n) is 3.89. The van der Waals surface area contributed by atoms with Gasteiger partial charge in [-0.15, -0.1) is 0 Å². The summed E-state index contributed by atoms with van der Waals surface area (Å²) in [6, 6.07) is 1.71. The molecule has 28 heavy (non-hydrogen) atoms. The number of aromatic amines is 1. The lowest BCUT2D eigenvalue weighted by atomic mass is 9.93. The molecule has 1 saturated carbocycles. The van der Waals surface area contributed by atoms with Gasteiger partial charge in [-0.25, -0.2) is 9.07 Å². The summed E-state index contributed by atoms with van der Waals surface area (Å²) in [7, 11) is 0. The van der Waals surface area contributed by atoms with Gasteiger partial charge in [0.15, 0.2) is 0 Å². The summed E-state index contributed by atoms with van der Waals surface area (Å²) in [6.07, 6.45) is 8.69. The van der Waals surface area contributed by atoms with Crippen molar-refractivity contribution in [3.05, 3.63) is 34.7 Å². The van der Waals surface area contributed by atoms with Gasteiger partial charge < -0.3 is 14.5 Å². The van der Waals surface area contributed by atoms with Crippen molar-refractivity contribution >= 4 is 34.1 Å². The first-order valence-corrected chi connectivity index (χ1v) is 10.3. The number of hydrogen-bond acceptors (Lipinski definition) is 3. The van der Waals surface area contributed by atoms with Gasteiger partial charge in [-0.2, -0.15) is 5.10 Å². The van der Waals surface area contributed by atoms with Crippen LogP contribution in [0.25, 0.3) is 22.0 Å². The van der Waals surface area contributed by atoms with Crippen LogP contribution >= 0.6 is 23.2 Å². The van der Waals surface area contributed by atoms with Gasteiger partial charge in [0.2, 0.25) is 0 Å². The van der Waals surface area contributed by atoms with Gasteiger partial charge in [-0.1, -0.05) is 23.2 Å². The van der Waals surface area contributed by atoms with Gasteiger partial charge in [0.1, 0.15) is 24.3 Å². The Balaban J connectivity index is 1.54. The van der Waals surface area contributed by atoms with Crippen LogP contribution in [0.15, 0.2) is 24.7 Å². The summed E-state index contributed by atoms with van der Waals surface area (Å²) in [5, 5.41) is 6.18. The van der Waals surface area contributed by atoms with Crippen LogP contribution in [0.5, 0.6) is 5.75 Å². The summed E-state index contributed by atoms with van der Waals surface area (Å²) in [5.74, 6) is 0.610. The fraction of sp³-hybridized carbons (Fsp3) is 0.450. The van der Waals surface area contributed by atoms with Gasteiger partial charge in [0, 0.05) is 49.0 Å². The molecule has 2 fully saturated rings. The van der Waals surface area contributed by atoms with Crippen molar-refractivity contribution in [3.63, 3.8) is 0 Å². The third-order valence-electron chi connectivity index (χ3n) is 5.51. The van der Waals surface area contributed by atoms with E-state index >= 15 is 0 Å². The topological polar surface area (TPSA) is 52.1 Å². The second-order valence-electron chi connectivity index (χ2n) is 7.46. The lowest BCUT2D eigenvalue weighted by Crippen LogP contribution is -2.34. The van der Waals surface area contributed by atoms with Crippen molar-refractivity contribution < 1.29 is 13.9 Å². The van der Waals surface area contributed by atoms with Crippen LogP contribution in [0, 0.1) is 0 Å². The second kappa shape index (κ2) is 7.25. The Morgan fingerprint density at radius 3 is 2.89 bits per heavy atom. The first kappa shape index (κ1) is 18.3. The predicted octanol–water partition coefficient (Wildman–Crippen LogP) is 5.92. The molecule has 1 saturated heterocycles. The molecule has 1 N–H and O–H groups in total. The smallest absolute Gasteiger partial charge is 0.150 e. The summed E-state index contributed by atoms with van der Waals surface area (Å²) in [4.78, 5) is 3.20. The number of aromatic nitrogens is 3. The van der Waals surface area contributed by atoms with E-state index in [4.69, 9.17) is 32.7 Å². The van der Waals surface area contributed by atoms with Crippen molar-refractivity contribution in [1.29, 1.82) is 0 Å². The Labute approximate surface area is 171 Å². The van der Waals surface area contributed by atoms with Crippen molar-refractivity contribution in [1.82, 2.24) is 14.8 Å². The summed E-state index contributed by atoms with van der Waals surface area (Å²) < 4.78 is 27.0. The molecule has 0 radical (unpaired) electrons. The van der Waals surface area contributed by atoms with Crippen molar-refractivity contribution in [2.24, 2.45) is 0 Å². The average Bonchev–Trinajstić information content (AvgIpc) is 3.32. The number of nitrogens with zero attached hydrogens (tertiary/aromatic N) is 2. The van der Waals surface area contributed by atoms with E-state index in [1.807, 2.05) is 23.3 Å². The normalized spacial score (nSPS) is 25.0. The molecule has 0 spiro atoms. The molecule has 2 aromatic heterocycles. The monoisotopic (exact) mass is 423 g/mol. The Morgan fingerprint density at radius 1 is 1.29 bits per heavy atom. The van der Waals surface area contributed by atoms with Gasteiger partial charge in [-0.05, 0) is 19.3 Å². The van der Waals surface area contributed by atoms with E-state index in [1.165, 1.54) is 0 Å². The molecule has 1 aromatic carbocycles. The van der Waals surface area contributed by atoms with Gasteiger partial charge in [0.05, 0.1) is 27.1 Å². The van der Waals surface area contributed by atoms with Crippen molar-refractivity contribution in [2.45, 2.75) is 50.6 Å². The summed E-state index contributed by atoms with van der Waals surface area (Å²) >= 11 is 12.7. The molecule has 0 amide bonds. The zero-order valence-corrected chi connectivity index (χ0v) is 16.6. The highest BCUT2D eigenvalue weighted by Gasteiger charge is 2.32. The molecule has 5 nitrogen and oxygen atoms in total. The number of nitrogens with one attached hydrogen (secondary N) is 1. The summed E-state index contributed by atoms with van der Waals surface area (Å²) in [5.41, 5.74) is 2.55. The second-order valence-corrected chi connectivity index (χ2v) is 8.25. The van der Waals surface area contributed by atoms with E-state index in [9.17, 15) is 4.39 Å². The molecule has 148 valence electrons. The highest BCUT2D eigenvalue weighted by molar-refractivity contribution is 6.45. The number of H-pyrrole nitrogens is 1. The molecular formula is C20H20Cl2FN3O2. The fourth-order valence-corrected chi connectivity index (χ4v) is 4.28. The molecule has 1 aliphatic heterocycles. The number of rotatable bonds is 4. The van der Waals surface area contributed by atoms with E-state index in [0.717, 1.165) is 42.4 Å². The van der Waals surface area contributed by atoms with Crippen molar-refractivity contribution in [3.8, 4) is 16.9 Å². The minimum absolute atomic E-state index is 0.0297. The van der Waals surface area contributed by atoms with E-state index in [2.05, 4.69) is 10.1 Å². The molecule has 2 aliphatic rings. The zero-order valence-electron chi connectivity index (χ0n) is 15.1. The molecule has 1 aliphatic carbocycles. The number of ether oxygens (including phenoxy) is 2. The Bertz CT molecular complexity index is 1010. The molecular weight excluding hydrogens is 404 g/mol. The van der Waals surface area contributed by atoms with E-state index in [1.54, 1.807) is 6.07 Å². The molecule has 8 heteroatoms. The van der Waals surface area contributed by atoms with Gasteiger partial charge in [0.25, 0.3) is 0 Å². The van der Waals surface area contributed by atoms with Crippen molar-refractivity contribution in [2.75, 3.05) is 6.61 Å². The van der Waals surface area contributed by atoms with Crippen LogP contribution in [0.4, 0.5) is 4.39 Å². The molecule has 1 unspecified atom stereocenters. The van der Waals surface area contributed by atoms with Crippen LogP contribution in [-0.4, -0.2) is 33.6 Å². The molecule has 0 bridgehead atoms. The number of alkyl halides is 1. The molecule has 1 atom stereocenters. The van der Waals surface area contributed by atoms with Crippen LogP contribution in [0.2, 0.25) is 10.0 Å². The van der Waals surface area contributed by atoms with Crippen LogP contribution in [0.3, 0.4) is 0 Å². The third-order valence-corrected chi connectivity index (χ3v) is 6.30. The molecule has 3 heterocycles. The maximum atomic E-state index is 13.2. The minimum Gasteiger partial charge on any atom is -0.489 e. The predicted molar refractivity (Wildman–Crippen MR) is 107 cm³/mol. The summed E-state index contributed by atoms with van der Waals surface area (Å²) in [6.45, 7) is 0.760. The van der Waals surface area contributed by atoms with E-state index < -0.39 is 6.17 Å². The van der Waals surface area contributed by atoms with Crippen LogP contribution in [-0.2, 0) is 4.74 Å². The minimum atomic E-state index is -0.789. The molecule has 5 rings (SSSR count). The zero-order chi connectivity index (χ0) is 19.3. The van der Waals surface area contributed by atoms with Gasteiger partial charge in [-0.3, -0.25) is 0 Å². The molecule has 3 aromatic rings. The van der Waals surface area contributed by atoms with Crippen LogP contribution < -0.4 is 4.74 Å². The first-order chi connectivity index (χ1) is 13.6. The average molecular weight is 424 g/mol. The number of fused-ring (bicyclic) bond motifs is 1. The largest absolute Gasteiger partial charge is 0.489 e. The maximum Gasteiger partial charge on any atom is 0.150 e. The number of halogens is 3. The van der Waals surface area contributed by atoms with Gasteiger partial charge >= 0.3 is 0 Å². The Morgan fingerprint density at radius 2 is 2.14 bits per heavy atom. The lowest BCUT2D eigenvalue weighted by molar-refractivity contribution is -0.0394. The lowest BCUT2D eigenvalue weighted by Gasteiger charge is -2.30. The standard InChI is InChI=1S/C20H20Cl2FN3O2/c21-15-7-16(28-13-5-12(23)6-13)18-14(9-24-20(18)19(15)22)11-8-25-26(10-11)17-3-1-2-4-27-17/h7-10,12-13,17,24H,1-6H2. The maximum absolute atomic E-state index is 13.2. The van der Waals surface area contributed by atoms with E-state index in [-0.39, 0.29) is 12.3 Å². The Hall–Kier alpha value is -1.76. The highest BCUT2D eigenvalue weighted by atomic mass is 35.5.